The molecule has 0 heterocycles. The number of hydrogen-bond donors (Lipinski definition) is 1. The molecule has 0 saturated carbocycles. The third kappa shape index (κ3) is 4.16. The third-order valence-corrected chi connectivity index (χ3v) is 3.38. The number of hydrogen-bond acceptors (Lipinski definition) is 2. The second-order valence-corrected chi connectivity index (χ2v) is 5.24. The molecular weight excluding hydrogens is 296 g/mol. The van der Waals surface area contributed by atoms with Crippen LogP contribution in [0, 0.1) is 11.6 Å². The fraction of sp³-hybridized carbons (Fsp3) is 0.250. The van der Waals surface area contributed by atoms with E-state index in [-0.39, 0.29) is 11.8 Å². The molecule has 0 fully saturated rings. The molecule has 0 aliphatic carbocycles. The molecule has 1 unspecified atom stereocenters. The van der Waals surface area contributed by atoms with Gasteiger partial charge in [-0.15, -0.1) is 0 Å². The van der Waals surface area contributed by atoms with Gasteiger partial charge in [-0.3, -0.25) is 0 Å². The van der Waals surface area contributed by atoms with E-state index in [0.29, 0.717) is 17.2 Å². The topological polar surface area (TPSA) is 35.2 Å². The monoisotopic (exact) mass is 311 g/mol. The summed E-state index contributed by atoms with van der Waals surface area (Å²) in [6.45, 7) is 1.97. The predicted molar refractivity (Wildman–Crippen MR) is 79.9 cm³/mol. The van der Waals surface area contributed by atoms with Crippen LogP contribution in [0.15, 0.2) is 36.4 Å². The van der Waals surface area contributed by atoms with Gasteiger partial charge in [0.2, 0.25) is 0 Å². The molecule has 0 aliphatic heterocycles. The van der Waals surface area contributed by atoms with Crippen molar-refractivity contribution in [2.75, 3.05) is 0 Å². The maximum atomic E-state index is 13.7. The number of halogens is 3. The highest BCUT2D eigenvalue weighted by Gasteiger charge is 2.12. The van der Waals surface area contributed by atoms with E-state index in [9.17, 15) is 8.78 Å². The average molecular weight is 312 g/mol. The summed E-state index contributed by atoms with van der Waals surface area (Å²) in [4.78, 5) is 0. The molecule has 5 heteroatoms. The summed E-state index contributed by atoms with van der Waals surface area (Å²) < 4.78 is 32.3. The van der Waals surface area contributed by atoms with Crippen molar-refractivity contribution in [1.29, 1.82) is 0 Å². The van der Waals surface area contributed by atoms with Crippen LogP contribution < -0.4 is 10.5 Å². The highest BCUT2D eigenvalue weighted by Crippen LogP contribution is 2.30. The molecule has 2 rings (SSSR count). The van der Waals surface area contributed by atoms with Crippen molar-refractivity contribution in [3.05, 3.63) is 58.6 Å². The van der Waals surface area contributed by atoms with E-state index in [2.05, 4.69) is 0 Å². The van der Waals surface area contributed by atoms with Crippen molar-refractivity contribution < 1.29 is 13.5 Å². The first-order valence-corrected chi connectivity index (χ1v) is 7.04. The second-order valence-electron chi connectivity index (χ2n) is 4.80. The van der Waals surface area contributed by atoms with Gasteiger partial charge in [-0.2, -0.15) is 0 Å². The lowest BCUT2D eigenvalue weighted by molar-refractivity contribution is 0.430. The van der Waals surface area contributed by atoms with Gasteiger partial charge in [0.05, 0.1) is 0 Å². The fourth-order valence-electron chi connectivity index (χ4n) is 1.91. The van der Waals surface area contributed by atoms with Crippen LogP contribution in [0.1, 0.15) is 18.9 Å². The summed E-state index contributed by atoms with van der Waals surface area (Å²) in [5, 5.41) is 0.542. The summed E-state index contributed by atoms with van der Waals surface area (Å²) in [5.41, 5.74) is 6.70. The van der Waals surface area contributed by atoms with Crippen LogP contribution in [0.3, 0.4) is 0 Å². The molecule has 0 aliphatic rings. The Labute approximate surface area is 127 Å². The Morgan fingerprint density at radius 1 is 1.14 bits per heavy atom. The van der Waals surface area contributed by atoms with Crippen LogP contribution in [0.5, 0.6) is 11.5 Å². The SMILES string of the molecule is CCC(N)Cc1cc(Cl)ccc1Oc1cc(F)ccc1F. The quantitative estimate of drug-likeness (QED) is 0.869. The summed E-state index contributed by atoms with van der Waals surface area (Å²) >= 11 is 5.97. The number of ether oxygens (including phenoxy) is 1. The Morgan fingerprint density at radius 2 is 1.90 bits per heavy atom. The maximum absolute atomic E-state index is 13.7. The van der Waals surface area contributed by atoms with Crippen LogP contribution in [0.4, 0.5) is 8.78 Å². The summed E-state index contributed by atoms with van der Waals surface area (Å²) in [6, 6.07) is 8.01. The molecular formula is C16H16ClF2NO. The van der Waals surface area contributed by atoms with Gasteiger partial charge in [0.25, 0.3) is 0 Å². The minimum absolute atomic E-state index is 0.0526. The first-order valence-electron chi connectivity index (χ1n) is 6.66. The minimum Gasteiger partial charge on any atom is -0.454 e. The summed E-state index contributed by atoms with van der Waals surface area (Å²) in [7, 11) is 0. The van der Waals surface area contributed by atoms with E-state index < -0.39 is 11.6 Å². The number of benzene rings is 2. The van der Waals surface area contributed by atoms with E-state index in [0.717, 1.165) is 30.2 Å². The highest BCUT2D eigenvalue weighted by atomic mass is 35.5. The Morgan fingerprint density at radius 3 is 2.62 bits per heavy atom. The van der Waals surface area contributed by atoms with E-state index in [1.165, 1.54) is 0 Å². The number of nitrogens with two attached hydrogens (primary N) is 1. The standard InChI is InChI=1S/C16H16ClF2NO/c1-2-13(20)8-10-7-11(17)3-6-15(10)21-16-9-12(18)4-5-14(16)19/h3-7,9,13H,2,8,20H2,1H3. The lowest BCUT2D eigenvalue weighted by Crippen LogP contribution is -2.21. The highest BCUT2D eigenvalue weighted by molar-refractivity contribution is 6.30. The van der Waals surface area contributed by atoms with Crippen molar-refractivity contribution in [2.45, 2.75) is 25.8 Å². The Hall–Kier alpha value is -1.65. The first-order chi connectivity index (χ1) is 9.99. The van der Waals surface area contributed by atoms with Gasteiger partial charge in [0.1, 0.15) is 11.6 Å². The molecule has 0 radical (unpaired) electrons. The zero-order valence-corrected chi connectivity index (χ0v) is 12.3. The van der Waals surface area contributed by atoms with Crippen molar-refractivity contribution in [1.82, 2.24) is 0 Å². The fourth-order valence-corrected chi connectivity index (χ4v) is 2.10. The van der Waals surface area contributed by atoms with Gasteiger partial charge in [0.15, 0.2) is 11.6 Å². The van der Waals surface area contributed by atoms with Crippen LogP contribution in [-0.2, 0) is 6.42 Å². The normalized spacial score (nSPS) is 12.2. The van der Waals surface area contributed by atoms with Gasteiger partial charge < -0.3 is 10.5 Å². The van der Waals surface area contributed by atoms with Crippen molar-refractivity contribution in [3.63, 3.8) is 0 Å². The van der Waals surface area contributed by atoms with E-state index in [1.807, 2.05) is 6.92 Å². The molecule has 2 aromatic carbocycles. The molecule has 112 valence electrons. The lowest BCUT2D eigenvalue weighted by Gasteiger charge is -2.15. The molecule has 0 spiro atoms. The second kappa shape index (κ2) is 6.87. The Balaban J connectivity index is 2.32. The number of rotatable bonds is 5. The van der Waals surface area contributed by atoms with E-state index >= 15 is 0 Å². The zero-order chi connectivity index (χ0) is 15.4. The van der Waals surface area contributed by atoms with Gasteiger partial charge in [-0.05, 0) is 48.7 Å². The third-order valence-electron chi connectivity index (χ3n) is 3.14. The smallest absolute Gasteiger partial charge is 0.165 e. The molecule has 0 bridgehead atoms. The minimum atomic E-state index is -0.628. The van der Waals surface area contributed by atoms with Crippen LogP contribution in [-0.4, -0.2) is 6.04 Å². The van der Waals surface area contributed by atoms with Crippen molar-refractivity contribution in [2.24, 2.45) is 5.73 Å². The maximum Gasteiger partial charge on any atom is 0.165 e. The van der Waals surface area contributed by atoms with Gasteiger partial charge in [-0.25, -0.2) is 8.78 Å². The lowest BCUT2D eigenvalue weighted by atomic mass is 10.0. The van der Waals surface area contributed by atoms with E-state index in [1.54, 1.807) is 18.2 Å². The van der Waals surface area contributed by atoms with Crippen LogP contribution in [0.2, 0.25) is 5.02 Å². The summed E-state index contributed by atoms with van der Waals surface area (Å²) in [6.07, 6.45) is 1.34. The molecule has 2 nitrogen and oxygen atoms in total. The zero-order valence-electron chi connectivity index (χ0n) is 11.6. The van der Waals surface area contributed by atoms with Crippen molar-refractivity contribution in [3.8, 4) is 11.5 Å². The van der Waals surface area contributed by atoms with Crippen molar-refractivity contribution >= 4 is 11.6 Å². The average Bonchev–Trinajstić information content (AvgIpc) is 2.45. The predicted octanol–water partition coefficient (Wildman–Crippen LogP) is 4.69. The van der Waals surface area contributed by atoms with E-state index in [4.69, 9.17) is 22.1 Å². The molecule has 1 atom stereocenters. The molecule has 0 aromatic heterocycles. The Kier molecular flexibility index (Phi) is 5.15. The molecule has 0 saturated heterocycles. The summed E-state index contributed by atoms with van der Waals surface area (Å²) in [5.74, 6) is -0.930. The Bertz CT molecular complexity index is 634. The van der Waals surface area contributed by atoms with Crippen LogP contribution >= 0.6 is 11.6 Å². The molecule has 2 aromatic rings. The molecule has 0 amide bonds. The van der Waals surface area contributed by atoms with Gasteiger partial charge in [0, 0.05) is 17.1 Å². The van der Waals surface area contributed by atoms with Crippen LogP contribution in [0.25, 0.3) is 0 Å². The van der Waals surface area contributed by atoms with Gasteiger partial charge >= 0.3 is 0 Å². The largest absolute Gasteiger partial charge is 0.454 e. The molecule has 2 N–H and O–H groups in total. The van der Waals surface area contributed by atoms with Gasteiger partial charge in [-0.1, -0.05) is 18.5 Å². The first kappa shape index (κ1) is 15.7. The molecule has 21 heavy (non-hydrogen) atoms.